The number of carbonyl (C=O) groups excluding carboxylic acids is 1. The van der Waals surface area contributed by atoms with Crippen molar-refractivity contribution in [3.05, 3.63) is 35.4 Å². The molecule has 0 radical (unpaired) electrons. The van der Waals surface area contributed by atoms with Crippen molar-refractivity contribution in [3.8, 4) is 0 Å². The van der Waals surface area contributed by atoms with E-state index in [-0.39, 0.29) is 31.2 Å². The van der Waals surface area contributed by atoms with Crippen LogP contribution in [0.4, 0.5) is 8.78 Å². The van der Waals surface area contributed by atoms with Crippen LogP contribution in [-0.2, 0) is 0 Å². The first-order valence-electron chi connectivity index (χ1n) is 7.53. The third-order valence-corrected chi connectivity index (χ3v) is 4.41. The smallest absolute Gasteiger partial charge is 0.252 e. The van der Waals surface area contributed by atoms with Gasteiger partial charge in [0.25, 0.3) is 11.8 Å². The fourth-order valence-corrected chi connectivity index (χ4v) is 3.09. The average Bonchev–Trinajstić information content (AvgIpc) is 2.46. The third-order valence-electron chi connectivity index (χ3n) is 4.41. The lowest BCUT2D eigenvalue weighted by Gasteiger charge is -2.35. The lowest BCUT2D eigenvalue weighted by molar-refractivity contribution is -0.0901. The summed E-state index contributed by atoms with van der Waals surface area (Å²) >= 11 is 0. The van der Waals surface area contributed by atoms with Gasteiger partial charge in [0.1, 0.15) is 0 Å². The van der Waals surface area contributed by atoms with Gasteiger partial charge < -0.3 is 10.6 Å². The zero-order chi connectivity index (χ0) is 14.9. The van der Waals surface area contributed by atoms with Gasteiger partial charge in [0, 0.05) is 24.4 Å². The van der Waals surface area contributed by atoms with E-state index in [9.17, 15) is 13.6 Å². The molecule has 3 rings (SSSR count). The summed E-state index contributed by atoms with van der Waals surface area (Å²) in [5.74, 6) is -2.31. The Bertz CT molecular complexity index is 507. The van der Waals surface area contributed by atoms with Crippen molar-refractivity contribution in [1.82, 2.24) is 10.6 Å². The Kier molecular flexibility index (Phi) is 5.40. The van der Waals surface area contributed by atoms with Crippen LogP contribution in [0.15, 0.2) is 24.3 Å². The van der Waals surface area contributed by atoms with E-state index in [4.69, 9.17) is 0 Å². The van der Waals surface area contributed by atoms with Gasteiger partial charge >= 0.3 is 0 Å². The number of piperidine rings is 1. The molecule has 1 aliphatic carbocycles. The molecule has 1 aromatic carbocycles. The molecule has 122 valence electrons. The summed E-state index contributed by atoms with van der Waals surface area (Å²) in [7, 11) is 0. The number of halogens is 3. The topological polar surface area (TPSA) is 41.1 Å². The molecule has 0 unspecified atom stereocenters. The predicted molar refractivity (Wildman–Crippen MR) is 84.0 cm³/mol. The van der Waals surface area contributed by atoms with Crippen LogP contribution >= 0.6 is 12.4 Å². The molecular weight excluding hydrogens is 310 g/mol. The minimum atomic E-state index is -2.60. The van der Waals surface area contributed by atoms with Crippen LogP contribution in [0.3, 0.4) is 0 Å². The maximum Gasteiger partial charge on any atom is 0.252 e. The Balaban J connectivity index is 0.00000176. The molecule has 0 aromatic heterocycles. The molecule has 1 heterocycles. The highest BCUT2D eigenvalue weighted by Crippen LogP contribution is 2.37. The van der Waals surface area contributed by atoms with Gasteiger partial charge in [0.2, 0.25) is 0 Å². The molecular formula is C16H21ClF2N2O. The first-order valence-corrected chi connectivity index (χ1v) is 7.53. The molecule has 2 fully saturated rings. The van der Waals surface area contributed by atoms with Crippen molar-refractivity contribution in [2.75, 3.05) is 13.1 Å². The van der Waals surface area contributed by atoms with Gasteiger partial charge in [-0.1, -0.05) is 12.1 Å². The van der Waals surface area contributed by atoms with Crippen LogP contribution in [0.1, 0.15) is 47.5 Å². The monoisotopic (exact) mass is 330 g/mol. The van der Waals surface area contributed by atoms with Crippen molar-refractivity contribution < 1.29 is 13.6 Å². The molecule has 0 bridgehead atoms. The summed E-state index contributed by atoms with van der Waals surface area (Å²) < 4.78 is 25.5. The quantitative estimate of drug-likeness (QED) is 0.894. The Morgan fingerprint density at radius 1 is 1.14 bits per heavy atom. The number of alkyl halides is 2. The summed E-state index contributed by atoms with van der Waals surface area (Å²) in [6.07, 6.45) is 1.74. The molecule has 0 spiro atoms. The van der Waals surface area contributed by atoms with E-state index >= 15 is 0 Å². The number of benzene rings is 1. The van der Waals surface area contributed by atoms with Crippen molar-refractivity contribution in [2.45, 2.75) is 43.6 Å². The lowest BCUT2D eigenvalue weighted by Crippen LogP contribution is -2.50. The number of hydrogen-bond donors (Lipinski definition) is 2. The normalized spacial score (nSPS) is 21.5. The second kappa shape index (κ2) is 6.92. The van der Waals surface area contributed by atoms with Gasteiger partial charge in [-0.2, -0.15) is 0 Å². The second-order valence-corrected chi connectivity index (χ2v) is 6.08. The maximum absolute atomic E-state index is 12.7. The fourth-order valence-electron chi connectivity index (χ4n) is 3.09. The number of carbonyl (C=O) groups is 1. The van der Waals surface area contributed by atoms with E-state index < -0.39 is 12.0 Å². The first-order chi connectivity index (χ1) is 10.0. The summed E-state index contributed by atoms with van der Waals surface area (Å²) in [6, 6.07) is 7.17. The number of nitrogens with one attached hydrogen (secondary N) is 2. The zero-order valence-electron chi connectivity index (χ0n) is 12.3. The highest BCUT2D eigenvalue weighted by Gasteiger charge is 2.45. The van der Waals surface area contributed by atoms with Crippen LogP contribution in [0, 0.1) is 0 Å². The molecule has 1 saturated carbocycles. The highest BCUT2D eigenvalue weighted by molar-refractivity contribution is 5.94. The van der Waals surface area contributed by atoms with Crippen LogP contribution in [-0.4, -0.2) is 31.0 Å². The Hall–Kier alpha value is -1.20. The third kappa shape index (κ3) is 3.96. The molecule has 22 heavy (non-hydrogen) atoms. The average molecular weight is 331 g/mol. The highest BCUT2D eigenvalue weighted by atomic mass is 35.5. The van der Waals surface area contributed by atoms with Crippen molar-refractivity contribution >= 4 is 18.3 Å². The van der Waals surface area contributed by atoms with Gasteiger partial charge in [0.15, 0.2) is 0 Å². The van der Waals surface area contributed by atoms with E-state index in [2.05, 4.69) is 10.6 Å². The SMILES string of the molecule is Cl.O=C(NC1CC(F)(F)C1)c1ccc(C2CCNCC2)cc1. The lowest BCUT2D eigenvalue weighted by atomic mass is 9.87. The predicted octanol–water partition coefficient (Wildman–Crippen LogP) is 3.10. The van der Waals surface area contributed by atoms with Gasteiger partial charge in [-0.05, 0) is 49.5 Å². The van der Waals surface area contributed by atoms with E-state index in [1.165, 1.54) is 5.56 Å². The Morgan fingerprint density at radius 2 is 1.73 bits per heavy atom. The standard InChI is InChI=1S/C16H20F2N2O.ClH/c17-16(18)9-14(10-16)20-15(21)13-3-1-11(2-4-13)12-5-7-19-8-6-12;/h1-4,12,14,19H,5-10H2,(H,20,21);1H. The number of hydrogen-bond acceptors (Lipinski definition) is 2. The maximum atomic E-state index is 12.7. The van der Waals surface area contributed by atoms with Gasteiger partial charge in [-0.3, -0.25) is 4.79 Å². The van der Waals surface area contributed by atoms with E-state index in [1.54, 1.807) is 12.1 Å². The minimum Gasteiger partial charge on any atom is -0.349 e. The molecule has 1 aromatic rings. The number of amides is 1. The number of rotatable bonds is 3. The van der Waals surface area contributed by atoms with Crippen molar-refractivity contribution in [3.63, 3.8) is 0 Å². The molecule has 2 aliphatic rings. The van der Waals surface area contributed by atoms with E-state index in [0.717, 1.165) is 25.9 Å². The van der Waals surface area contributed by atoms with Crippen LogP contribution in [0.2, 0.25) is 0 Å². The van der Waals surface area contributed by atoms with Crippen molar-refractivity contribution in [1.29, 1.82) is 0 Å². The van der Waals surface area contributed by atoms with Gasteiger partial charge in [0.05, 0.1) is 0 Å². The fraction of sp³-hybridized carbons (Fsp3) is 0.562. The molecule has 0 atom stereocenters. The van der Waals surface area contributed by atoms with Crippen LogP contribution in [0.25, 0.3) is 0 Å². The Morgan fingerprint density at radius 3 is 2.27 bits per heavy atom. The minimum absolute atomic E-state index is 0. The molecule has 1 saturated heterocycles. The molecule has 6 heteroatoms. The molecule has 1 amide bonds. The first kappa shape index (κ1) is 17.2. The molecule has 3 nitrogen and oxygen atoms in total. The summed E-state index contributed by atoms with van der Waals surface area (Å²) in [6.45, 7) is 2.06. The van der Waals surface area contributed by atoms with Crippen molar-refractivity contribution in [2.24, 2.45) is 0 Å². The van der Waals surface area contributed by atoms with E-state index in [1.807, 2.05) is 12.1 Å². The van der Waals surface area contributed by atoms with Gasteiger partial charge in [-0.25, -0.2) is 8.78 Å². The van der Waals surface area contributed by atoms with Crippen LogP contribution in [0.5, 0.6) is 0 Å². The Labute approximate surface area is 135 Å². The second-order valence-electron chi connectivity index (χ2n) is 6.08. The molecule has 1 aliphatic heterocycles. The van der Waals surface area contributed by atoms with Crippen LogP contribution < -0.4 is 10.6 Å². The molecule has 2 N–H and O–H groups in total. The van der Waals surface area contributed by atoms with Gasteiger partial charge in [-0.15, -0.1) is 12.4 Å². The zero-order valence-corrected chi connectivity index (χ0v) is 13.1. The summed E-state index contributed by atoms with van der Waals surface area (Å²) in [4.78, 5) is 12.0. The largest absolute Gasteiger partial charge is 0.349 e. The summed E-state index contributed by atoms with van der Waals surface area (Å²) in [5, 5.41) is 5.99. The summed E-state index contributed by atoms with van der Waals surface area (Å²) in [5.41, 5.74) is 1.80. The van der Waals surface area contributed by atoms with E-state index in [0.29, 0.717) is 11.5 Å².